The van der Waals surface area contributed by atoms with Gasteiger partial charge in [-0.05, 0) is 36.8 Å². The van der Waals surface area contributed by atoms with E-state index in [0.29, 0.717) is 5.92 Å². The highest BCUT2D eigenvalue weighted by Crippen LogP contribution is 2.26. The molecular formula is C14H23N3. The van der Waals surface area contributed by atoms with Crippen LogP contribution in [0.2, 0.25) is 0 Å². The lowest BCUT2D eigenvalue weighted by atomic mass is 9.88. The van der Waals surface area contributed by atoms with Crippen LogP contribution in [0.15, 0.2) is 18.5 Å². The monoisotopic (exact) mass is 233 g/mol. The summed E-state index contributed by atoms with van der Waals surface area (Å²) in [4.78, 5) is 4.13. The summed E-state index contributed by atoms with van der Waals surface area (Å²) >= 11 is 0. The number of hydrogen-bond donors (Lipinski definition) is 2. The largest absolute Gasteiger partial charge is 0.398 e. The van der Waals surface area contributed by atoms with Crippen molar-refractivity contribution in [3.8, 4) is 0 Å². The summed E-state index contributed by atoms with van der Waals surface area (Å²) in [7, 11) is 0. The highest BCUT2D eigenvalue weighted by atomic mass is 14.7. The Morgan fingerprint density at radius 1 is 1.24 bits per heavy atom. The average molecular weight is 233 g/mol. The van der Waals surface area contributed by atoms with E-state index in [2.05, 4.69) is 4.98 Å². The van der Waals surface area contributed by atoms with E-state index in [9.17, 15) is 0 Å². The van der Waals surface area contributed by atoms with Crippen LogP contribution in [0, 0.1) is 5.92 Å². The molecule has 0 aromatic carbocycles. The first kappa shape index (κ1) is 12.4. The van der Waals surface area contributed by atoms with Crippen LogP contribution in [0.5, 0.6) is 0 Å². The van der Waals surface area contributed by atoms with E-state index < -0.39 is 0 Å². The number of rotatable bonds is 3. The summed E-state index contributed by atoms with van der Waals surface area (Å²) in [5, 5.41) is 0. The third-order valence-corrected chi connectivity index (χ3v) is 3.90. The molecule has 3 nitrogen and oxygen atoms in total. The van der Waals surface area contributed by atoms with Gasteiger partial charge in [-0.15, -0.1) is 0 Å². The zero-order valence-corrected chi connectivity index (χ0v) is 10.4. The molecule has 94 valence electrons. The van der Waals surface area contributed by atoms with E-state index >= 15 is 0 Å². The highest BCUT2D eigenvalue weighted by Gasteiger charge is 2.20. The summed E-state index contributed by atoms with van der Waals surface area (Å²) in [6.07, 6.45) is 12.4. The van der Waals surface area contributed by atoms with Gasteiger partial charge < -0.3 is 11.5 Å². The molecule has 1 fully saturated rings. The maximum Gasteiger partial charge on any atom is 0.0378 e. The summed E-state index contributed by atoms with van der Waals surface area (Å²) in [6.45, 7) is 0. The molecule has 0 aliphatic heterocycles. The van der Waals surface area contributed by atoms with Crippen molar-refractivity contribution in [2.45, 2.75) is 51.0 Å². The molecule has 3 heteroatoms. The van der Waals surface area contributed by atoms with Gasteiger partial charge in [-0.25, -0.2) is 0 Å². The van der Waals surface area contributed by atoms with E-state index in [4.69, 9.17) is 11.5 Å². The molecular weight excluding hydrogens is 210 g/mol. The summed E-state index contributed by atoms with van der Waals surface area (Å²) in [6, 6.07) is 2.09. The lowest BCUT2D eigenvalue weighted by Gasteiger charge is -2.22. The Morgan fingerprint density at radius 3 is 2.59 bits per heavy atom. The van der Waals surface area contributed by atoms with Gasteiger partial charge in [0.2, 0.25) is 0 Å². The van der Waals surface area contributed by atoms with Gasteiger partial charge in [-0.1, -0.05) is 25.7 Å². The molecule has 4 N–H and O–H groups in total. The predicted molar refractivity (Wildman–Crippen MR) is 71.5 cm³/mol. The Balaban J connectivity index is 1.95. The van der Waals surface area contributed by atoms with Crippen LogP contribution in [0.1, 0.15) is 44.1 Å². The number of nitrogens with two attached hydrogens (primary N) is 2. The van der Waals surface area contributed by atoms with Crippen molar-refractivity contribution < 1.29 is 0 Å². The molecule has 0 saturated heterocycles. The fourth-order valence-corrected chi connectivity index (χ4v) is 2.77. The maximum absolute atomic E-state index is 6.34. The molecule has 1 unspecified atom stereocenters. The lowest BCUT2D eigenvalue weighted by Crippen LogP contribution is -2.32. The van der Waals surface area contributed by atoms with Crippen molar-refractivity contribution in [2.75, 3.05) is 5.73 Å². The van der Waals surface area contributed by atoms with Gasteiger partial charge in [0.25, 0.3) is 0 Å². The quantitative estimate of drug-likeness (QED) is 0.788. The summed E-state index contributed by atoms with van der Waals surface area (Å²) in [5.41, 5.74) is 14.2. The van der Waals surface area contributed by atoms with Gasteiger partial charge in [0.1, 0.15) is 0 Å². The van der Waals surface area contributed by atoms with Crippen molar-refractivity contribution in [3.05, 3.63) is 24.0 Å². The first-order chi connectivity index (χ1) is 8.27. The van der Waals surface area contributed by atoms with Crippen molar-refractivity contribution in [1.29, 1.82) is 0 Å². The smallest absolute Gasteiger partial charge is 0.0378 e. The van der Waals surface area contributed by atoms with E-state index in [1.54, 1.807) is 6.20 Å². The molecule has 0 bridgehead atoms. The van der Waals surface area contributed by atoms with Crippen molar-refractivity contribution in [1.82, 2.24) is 4.98 Å². The Kier molecular flexibility index (Phi) is 4.37. The number of nitrogens with zero attached hydrogens (tertiary/aromatic N) is 1. The molecule has 17 heavy (non-hydrogen) atoms. The van der Waals surface area contributed by atoms with Gasteiger partial charge >= 0.3 is 0 Å². The van der Waals surface area contributed by atoms with E-state index in [-0.39, 0.29) is 6.04 Å². The SMILES string of the molecule is Nc1ccncc1CC(N)C1CCCCCC1. The van der Waals surface area contributed by atoms with Gasteiger partial charge in [-0.2, -0.15) is 0 Å². The standard InChI is InChI=1S/C14H23N3/c15-13-7-8-17-10-12(13)9-14(16)11-5-3-1-2-4-6-11/h7-8,10-11,14H,1-6,9,16H2,(H2,15,17). The Hall–Kier alpha value is -1.09. The van der Waals surface area contributed by atoms with Gasteiger partial charge in [0.15, 0.2) is 0 Å². The van der Waals surface area contributed by atoms with Crippen LogP contribution in [0.25, 0.3) is 0 Å². The number of pyridine rings is 1. The Morgan fingerprint density at radius 2 is 1.94 bits per heavy atom. The molecule has 0 radical (unpaired) electrons. The maximum atomic E-state index is 6.34. The minimum absolute atomic E-state index is 0.236. The molecule has 1 atom stereocenters. The molecule has 0 amide bonds. The van der Waals surface area contributed by atoms with E-state index in [0.717, 1.165) is 17.7 Å². The lowest BCUT2D eigenvalue weighted by molar-refractivity contribution is 0.372. The van der Waals surface area contributed by atoms with Crippen LogP contribution in [0.3, 0.4) is 0 Å². The number of aromatic nitrogens is 1. The second-order valence-corrected chi connectivity index (χ2v) is 5.19. The first-order valence-electron chi connectivity index (χ1n) is 6.71. The molecule has 0 spiro atoms. The van der Waals surface area contributed by atoms with Crippen LogP contribution in [-0.4, -0.2) is 11.0 Å². The zero-order chi connectivity index (χ0) is 12.1. The van der Waals surface area contributed by atoms with Crippen LogP contribution < -0.4 is 11.5 Å². The molecule has 1 aromatic heterocycles. The van der Waals surface area contributed by atoms with Crippen molar-refractivity contribution in [2.24, 2.45) is 11.7 Å². The number of anilines is 1. The number of hydrogen-bond acceptors (Lipinski definition) is 3. The molecule has 1 aliphatic carbocycles. The van der Waals surface area contributed by atoms with E-state index in [1.807, 2.05) is 12.3 Å². The minimum atomic E-state index is 0.236. The molecule has 2 rings (SSSR count). The van der Waals surface area contributed by atoms with Crippen molar-refractivity contribution >= 4 is 5.69 Å². The van der Waals surface area contributed by atoms with Crippen LogP contribution in [0.4, 0.5) is 5.69 Å². The fourth-order valence-electron chi connectivity index (χ4n) is 2.77. The van der Waals surface area contributed by atoms with Gasteiger partial charge in [-0.3, -0.25) is 4.98 Å². The predicted octanol–water partition coefficient (Wildman–Crippen LogP) is 2.50. The van der Waals surface area contributed by atoms with Crippen molar-refractivity contribution in [3.63, 3.8) is 0 Å². The summed E-state index contributed by atoms with van der Waals surface area (Å²) < 4.78 is 0. The second kappa shape index (κ2) is 6.01. The molecule has 1 saturated carbocycles. The molecule has 1 aliphatic rings. The van der Waals surface area contributed by atoms with E-state index in [1.165, 1.54) is 38.5 Å². The molecule has 1 heterocycles. The molecule has 1 aromatic rings. The minimum Gasteiger partial charge on any atom is -0.398 e. The third kappa shape index (κ3) is 3.43. The Bertz CT molecular complexity index is 343. The Labute approximate surface area is 104 Å². The topological polar surface area (TPSA) is 64.9 Å². The average Bonchev–Trinajstić information content (AvgIpc) is 2.61. The fraction of sp³-hybridized carbons (Fsp3) is 0.643. The third-order valence-electron chi connectivity index (χ3n) is 3.90. The zero-order valence-electron chi connectivity index (χ0n) is 10.4. The van der Waals surface area contributed by atoms with Gasteiger partial charge in [0, 0.05) is 24.1 Å². The number of nitrogen functional groups attached to an aromatic ring is 1. The first-order valence-corrected chi connectivity index (χ1v) is 6.71. The van der Waals surface area contributed by atoms with Crippen LogP contribution >= 0.6 is 0 Å². The van der Waals surface area contributed by atoms with Crippen LogP contribution in [-0.2, 0) is 6.42 Å². The summed E-state index contributed by atoms with van der Waals surface area (Å²) in [5.74, 6) is 0.664. The van der Waals surface area contributed by atoms with Gasteiger partial charge in [0.05, 0.1) is 0 Å². The second-order valence-electron chi connectivity index (χ2n) is 5.19. The normalized spacial score (nSPS) is 19.8. The highest BCUT2D eigenvalue weighted by molar-refractivity contribution is 5.44.